The highest BCUT2D eigenvalue weighted by molar-refractivity contribution is 6.25. The van der Waals surface area contributed by atoms with E-state index in [4.69, 9.17) is 0 Å². The van der Waals surface area contributed by atoms with E-state index < -0.39 is 0 Å². The molecule has 0 saturated heterocycles. The van der Waals surface area contributed by atoms with Crippen molar-refractivity contribution < 1.29 is 0 Å². The van der Waals surface area contributed by atoms with Crippen molar-refractivity contribution in [3.63, 3.8) is 0 Å². The standard InChI is InChI=1S/C74H48N2/c1-3-13-49(14-4-1)57-21-11-23-65(43-57)75(67-45-59-31-27-53-17-9-18-54-28-32-60(46-67)73(59)71(53)54)63-39-35-51(36-40-63)69-25-7-8-26-70(69)52-37-41-64(42-38-52)76(66-24-12-22-58(44-66)50-15-5-2-6-16-50)68-47-61-33-29-55-19-10-20-56-30-34-62(48-68)74(61)72(55)56/h1-48H. The summed E-state index contributed by atoms with van der Waals surface area (Å²) >= 11 is 0. The molecular weight excluding hydrogens is 917 g/mol. The van der Waals surface area contributed by atoms with Gasteiger partial charge in [-0.25, -0.2) is 0 Å². The predicted octanol–water partition coefficient (Wildman–Crippen LogP) is 21.1. The molecule has 0 spiro atoms. The third-order valence-corrected chi connectivity index (χ3v) is 15.6. The van der Waals surface area contributed by atoms with Gasteiger partial charge in [0.1, 0.15) is 0 Å². The van der Waals surface area contributed by atoms with Crippen molar-refractivity contribution in [2.45, 2.75) is 0 Å². The minimum atomic E-state index is 1.09. The second kappa shape index (κ2) is 17.9. The summed E-state index contributed by atoms with van der Waals surface area (Å²) in [5.74, 6) is 0. The molecule has 0 saturated carbocycles. The first-order chi connectivity index (χ1) is 37.6. The smallest absolute Gasteiger partial charge is 0.0473 e. The van der Waals surface area contributed by atoms with Crippen molar-refractivity contribution in [3.8, 4) is 44.5 Å². The Bertz CT molecular complexity index is 4190. The highest BCUT2D eigenvalue weighted by Crippen LogP contribution is 2.46. The Hall–Kier alpha value is -10.0. The normalized spacial score (nSPS) is 11.7. The Labute approximate surface area is 441 Å². The van der Waals surface area contributed by atoms with Crippen molar-refractivity contribution in [3.05, 3.63) is 291 Å². The van der Waals surface area contributed by atoms with Gasteiger partial charge in [0.2, 0.25) is 0 Å². The van der Waals surface area contributed by atoms with Crippen molar-refractivity contribution in [2.75, 3.05) is 9.80 Å². The van der Waals surface area contributed by atoms with Gasteiger partial charge in [-0.2, -0.15) is 0 Å². The molecule has 0 heterocycles. The molecule has 0 aliphatic carbocycles. The Morgan fingerprint density at radius 1 is 0.158 bits per heavy atom. The van der Waals surface area contributed by atoms with Gasteiger partial charge in [0, 0.05) is 34.1 Å². The van der Waals surface area contributed by atoms with Gasteiger partial charge in [0.15, 0.2) is 0 Å². The molecule has 0 aliphatic heterocycles. The molecule has 2 nitrogen and oxygen atoms in total. The lowest BCUT2D eigenvalue weighted by atomic mass is 9.93. The van der Waals surface area contributed by atoms with Gasteiger partial charge < -0.3 is 9.80 Å². The average molecular weight is 965 g/mol. The summed E-state index contributed by atoms with van der Waals surface area (Å²) in [6.07, 6.45) is 0. The molecule has 0 aliphatic rings. The van der Waals surface area contributed by atoms with E-state index in [0.717, 1.165) is 45.3 Å². The molecule has 0 bridgehead atoms. The summed E-state index contributed by atoms with van der Waals surface area (Å²) < 4.78 is 0. The summed E-state index contributed by atoms with van der Waals surface area (Å²) in [4.78, 5) is 4.83. The zero-order valence-corrected chi connectivity index (χ0v) is 41.6. The molecular formula is C74H48N2. The lowest BCUT2D eigenvalue weighted by molar-refractivity contribution is 1.29. The van der Waals surface area contributed by atoms with Crippen molar-refractivity contribution >= 4 is 98.8 Å². The maximum absolute atomic E-state index is 2.41. The van der Waals surface area contributed by atoms with E-state index in [1.165, 1.54) is 98.0 Å². The van der Waals surface area contributed by atoms with Gasteiger partial charge >= 0.3 is 0 Å². The minimum Gasteiger partial charge on any atom is -0.310 e. The molecule has 2 heteroatoms. The highest BCUT2D eigenvalue weighted by Gasteiger charge is 2.20. The molecule has 0 amide bonds. The van der Waals surface area contributed by atoms with Crippen LogP contribution < -0.4 is 9.80 Å². The van der Waals surface area contributed by atoms with Crippen LogP contribution in [0.3, 0.4) is 0 Å². The molecule has 0 unspecified atom stereocenters. The number of hydrogen-bond donors (Lipinski definition) is 0. The van der Waals surface area contributed by atoms with Gasteiger partial charge in [-0.15, -0.1) is 0 Å². The van der Waals surface area contributed by atoms with Crippen LogP contribution in [0.25, 0.3) is 109 Å². The fourth-order valence-electron chi connectivity index (χ4n) is 12.1. The molecule has 0 radical (unpaired) electrons. The van der Waals surface area contributed by atoms with E-state index in [1.807, 2.05) is 0 Å². The first-order valence-corrected chi connectivity index (χ1v) is 26.2. The molecule has 0 atom stereocenters. The van der Waals surface area contributed by atoms with Gasteiger partial charge in [-0.3, -0.25) is 0 Å². The van der Waals surface area contributed by atoms with Crippen molar-refractivity contribution in [1.82, 2.24) is 0 Å². The summed E-state index contributed by atoms with van der Waals surface area (Å²) in [6.45, 7) is 0. The van der Waals surface area contributed by atoms with E-state index in [0.29, 0.717) is 0 Å². The molecule has 354 valence electrons. The Kier molecular flexibility index (Phi) is 10.2. The highest BCUT2D eigenvalue weighted by atomic mass is 15.1. The fraction of sp³-hybridized carbons (Fsp3) is 0. The summed E-state index contributed by atoms with van der Waals surface area (Å²) in [5, 5.41) is 15.3. The van der Waals surface area contributed by atoms with Crippen LogP contribution in [-0.4, -0.2) is 0 Å². The van der Waals surface area contributed by atoms with Crippen LogP contribution in [0.2, 0.25) is 0 Å². The van der Waals surface area contributed by atoms with E-state index >= 15 is 0 Å². The van der Waals surface area contributed by atoms with Crippen LogP contribution in [0.15, 0.2) is 291 Å². The summed E-state index contributed by atoms with van der Waals surface area (Å²) in [5.41, 5.74) is 16.0. The van der Waals surface area contributed by atoms with Crippen LogP contribution in [-0.2, 0) is 0 Å². The first-order valence-electron chi connectivity index (χ1n) is 26.2. The number of nitrogens with zero attached hydrogens (tertiary/aromatic N) is 2. The van der Waals surface area contributed by atoms with Gasteiger partial charge in [0.25, 0.3) is 0 Å². The van der Waals surface area contributed by atoms with E-state index in [-0.39, 0.29) is 0 Å². The SMILES string of the molecule is c1ccc(-c2cccc(N(c3ccc(-c4ccccc4-c4ccc(N(c5cccc(-c6ccccc6)c5)c5cc6ccc7cccc8ccc(c5)c6c78)cc4)cc3)c3cc4ccc5cccc6ccc(c3)c4c56)c2)cc1. The number of rotatable bonds is 10. The summed E-state index contributed by atoms with van der Waals surface area (Å²) in [7, 11) is 0. The summed E-state index contributed by atoms with van der Waals surface area (Å²) in [6, 6.07) is 107. The average Bonchev–Trinajstić information content (AvgIpc) is 3.51. The fourth-order valence-corrected chi connectivity index (χ4v) is 12.1. The van der Waals surface area contributed by atoms with Crippen LogP contribution in [0.1, 0.15) is 0 Å². The molecule has 0 fully saturated rings. The van der Waals surface area contributed by atoms with Crippen LogP contribution >= 0.6 is 0 Å². The molecule has 15 aromatic rings. The zero-order valence-electron chi connectivity index (χ0n) is 41.6. The lowest BCUT2D eigenvalue weighted by Gasteiger charge is -2.27. The number of anilines is 6. The molecule has 15 aromatic carbocycles. The zero-order chi connectivity index (χ0) is 50.1. The predicted molar refractivity (Wildman–Crippen MR) is 325 cm³/mol. The lowest BCUT2D eigenvalue weighted by Crippen LogP contribution is -2.10. The second-order valence-corrected chi connectivity index (χ2v) is 20.1. The maximum Gasteiger partial charge on any atom is 0.0473 e. The van der Waals surface area contributed by atoms with E-state index in [9.17, 15) is 0 Å². The van der Waals surface area contributed by atoms with Gasteiger partial charge in [0.05, 0.1) is 0 Å². The van der Waals surface area contributed by atoms with Gasteiger partial charge in [-0.05, 0) is 182 Å². The molecule has 15 rings (SSSR count). The third kappa shape index (κ3) is 7.42. The number of benzene rings is 15. The first kappa shape index (κ1) is 43.6. The van der Waals surface area contributed by atoms with Crippen LogP contribution in [0.4, 0.5) is 34.1 Å². The maximum atomic E-state index is 2.41. The molecule has 0 N–H and O–H groups in total. The van der Waals surface area contributed by atoms with Crippen molar-refractivity contribution in [1.29, 1.82) is 0 Å². The Morgan fingerprint density at radius 3 is 0.829 bits per heavy atom. The monoisotopic (exact) mass is 964 g/mol. The largest absolute Gasteiger partial charge is 0.310 e. The Morgan fingerprint density at radius 2 is 0.461 bits per heavy atom. The van der Waals surface area contributed by atoms with Gasteiger partial charge in [-0.1, -0.05) is 218 Å². The van der Waals surface area contributed by atoms with Crippen molar-refractivity contribution in [2.24, 2.45) is 0 Å². The Balaban J connectivity index is 0.816. The second-order valence-electron chi connectivity index (χ2n) is 20.1. The number of hydrogen-bond acceptors (Lipinski definition) is 2. The third-order valence-electron chi connectivity index (χ3n) is 15.6. The quantitative estimate of drug-likeness (QED) is 0.126. The topological polar surface area (TPSA) is 6.48 Å². The van der Waals surface area contributed by atoms with Crippen LogP contribution in [0, 0.1) is 0 Å². The molecule has 76 heavy (non-hydrogen) atoms. The van der Waals surface area contributed by atoms with Crippen LogP contribution in [0.5, 0.6) is 0 Å². The van der Waals surface area contributed by atoms with E-state index in [1.54, 1.807) is 0 Å². The van der Waals surface area contributed by atoms with E-state index in [2.05, 4.69) is 301 Å². The minimum absolute atomic E-state index is 1.09. The molecule has 0 aromatic heterocycles.